The lowest BCUT2D eigenvalue weighted by atomic mass is 9.95. The maximum Gasteiger partial charge on any atom is 0.257 e. The fraction of sp³-hybridized carbons (Fsp3) is 0.400. The lowest BCUT2D eigenvalue weighted by Crippen LogP contribution is -2.19. The van der Waals surface area contributed by atoms with Gasteiger partial charge in [0.05, 0.1) is 4.90 Å². The molecule has 1 N–H and O–H groups in total. The lowest BCUT2D eigenvalue weighted by Gasteiger charge is -2.19. The highest BCUT2D eigenvalue weighted by Gasteiger charge is 2.35. The van der Waals surface area contributed by atoms with Gasteiger partial charge >= 0.3 is 0 Å². The van der Waals surface area contributed by atoms with E-state index < -0.39 is 15.5 Å². The molecule has 1 aromatic heterocycles. The van der Waals surface area contributed by atoms with Gasteiger partial charge in [-0.25, -0.2) is 13.4 Å². The molecule has 0 unspecified atom stereocenters. The Bertz CT molecular complexity index is 1170. The molecule has 1 aliphatic heterocycles. The molecule has 0 bridgehead atoms. The number of amides is 1. The van der Waals surface area contributed by atoms with E-state index in [1.807, 2.05) is 6.08 Å². The third-order valence-corrected chi connectivity index (χ3v) is 7.25. The minimum Gasteiger partial charge on any atom is -0.298 e. The van der Waals surface area contributed by atoms with E-state index in [1.54, 1.807) is 30.6 Å². The van der Waals surface area contributed by atoms with E-state index in [-0.39, 0.29) is 16.7 Å². The molecule has 0 spiro atoms. The van der Waals surface area contributed by atoms with Crippen molar-refractivity contribution in [1.29, 1.82) is 0 Å². The number of anilines is 1. The Hall–Kier alpha value is -2.79. The number of allylic oxidation sites excluding steroid dienone is 1. The first-order valence-corrected chi connectivity index (χ1v) is 12.6. The number of carbonyl (C=O) groups excluding carboxylic acids is 1. The topological polar surface area (TPSA) is 126 Å². The molecule has 2 aliphatic rings. The van der Waals surface area contributed by atoms with E-state index in [0.29, 0.717) is 21.8 Å². The molecule has 1 fully saturated rings. The standard InChI is InChI=1S/C20H22N6O3S2/c1-20(23-25-26-24-20)16-8-7-14(12-17(16)31(2,28)29)15(11-13-5-3-4-6-13)18(27)22-19-21-9-10-30-19/h7-13H,3-6H2,1-2H3,(H,21,22,27)/b15-11+. The van der Waals surface area contributed by atoms with Crippen LogP contribution in [-0.4, -0.2) is 25.6 Å². The van der Waals surface area contributed by atoms with Gasteiger partial charge < -0.3 is 0 Å². The quantitative estimate of drug-likeness (QED) is 0.626. The Morgan fingerprint density at radius 2 is 1.94 bits per heavy atom. The summed E-state index contributed by atoms with van der Waals surface area (Å²) >= 11 is 1.32. The van der Waals surface area contributed by atoms with Crippen LogP contribution in [0.5, 0.6) is 0 Å². The van der Waals surface area contributed by atoms with Crippen LogP contribution in [-0.2, 0) is 20.3 Å². The number of aromatic nitrogens is 1. The molecule has 0 saturated heterocycles. The van der Waals surface area contributed by atoms with Gasteiger partial charge in [0.15, 0.2) is 15.0 Å². The monoisotopic (exact) mass is 458 g/mol. The first-order chi connectivity index (χ1) is 14.8. The maximum atomic E-state index is 13.1. The average Bonchev–Trinajstić information content (AvgIpc) is 3.49. The zero-order valence-electron chi connectivity index (χ0n) is 17.1. The third kappa shape index (κ3) is 4.62. The van der Waals surface area contributed by atoms with Crippen LogP contribution in [0.1, 0.15) is 43.7 Å². The maximum absolute atomic E-state index is 13.1. The van der Waals surface area contributed by atoms with E-state index in [0.717, 1.165) is 31.9 Å². The highest BCUT2D eigenvalue weighted by molar-refractivity contribution is 7.90. The van der Waals surface area contributed by atoms with Crippen molar-refractivity contribution in [3.8, 4) is 0 Å². The number of nitrogens with zero attached hydrogens (tertiary/aromatic N) is 5. The fourth-order valence-corrected chi connectivity index (χ4v) is 5.37. The smallest absolute Gasteiger partial charge is 0.257 e. The molecule has 1 aliphatic carbocycles. The van der Waals surface area contributed by atoms with Gasteiger partial charge in [-0.05, 0) is 47.8 Å². The molecule has 31 heavy (non-hydrogen) atoms. The number of carbonyl (C=O) groups is 1. The van der Waals surface area contributed by atoms with Gasteiger partial charge in [-0.2, -0.15) is 0 Å². The number of hydrogen-bond donors (Lipinski definition) is 1. The van der Waals surface area contributed by atoms with E-state index in [1.165, 1.54) is 17.4 Å². The van der Waals surface area contributed by atoms with Crippen LogP contribution in [0.25, 0.3) is 5.57 Å². The van der Waals surface area contributed by atoms with Gasteiger partial charge in [-0.15, -0.1) is 21.6 Å². The van der Waals surface area contributed by atoms with E-state index in [2.05, 4.69) is 31.0 Å². The Morgan fingerprint density at radius 3 is 2.55 bits per heavy atom. The van der Waals surface area contributed by atoms with E-state index in [9.17, 15) is 13.2 Å². The summed E-state index contributed by atoms with van der Waals surface area (Å²) < 4.78 is 25.3. The molecule has 1 aromatic carbocycles. The molecule has 2 heterocycles. The number of nitrogens with one attached hydrogen (secondary N) is 1. The molecule has 0 atom stereocenters. The molecule has 2 aromatic rings. The minimum absolute atomic E-state index is 0.0478. The van der Waals surface area contributed by atoms with Crippen molar-refractivity contribution in [1.82, 2.24) is 4.98 Å². The molecule has 9 nitrogen and oxygen atoms in total. The number of hydrogen-bond acceptors (Lipinski definition) is 9. The van der Waals surface area contributed by atoms with Crippen molar-refractivity contribution < 1.29 is 13.2 Å². The minimum atomic E-state index is -3.64. The second kappa shape index (κ2) is 8.39. The number of sulfone groups is 1. The van der Waals surface area contributed by atoms with Crippen molar-refractivity contribution in [2.24, 2.45) is 26.6 Å². The largest absolute Gasteiger partial charge is 0.298 e. The van der Waals surface area contributed by atoms with Crippen LogP contribution < -0.4 is 5.32 Å². The van der Waals surface area contributed by atoms with Gasteiger partial charge in [0.2, 0.25) is 5.66 Å². The van der Waals surface area contributed by atoms with Crippen LogP contribution in [0.15, 0.2) is 61.4 Å². The summed E-state index contributed by atoms with van der Waals surface area (Å²) in [5.74, 6) is -0.0474. The predicted octanol–water partition coefficient (Wildman–Crippen LogP) is 4.76. The Kier molecular flexibility index (Phi) is 5.80. The third-order valence-electron chi connectivity index (χ3n) is 5.42. The molecule has 162 valence electrons. The first-order valence-electron chi connectivity index (χ1n) is 9.88. The van der Waals surface area contributed by atoms with Crippen LogP contribution in [0.2, 0.25) is 0 Å². The van der Waals surface area contributed by atoms with Crippen molar-refractivity contribution in [3.63, 3.8) is 0 Å². The van der Waals surface area contributed by atoms with E-state index in [4.69, 9.17) is 0 Å². The average molecular weight is 459 g/mol. The van der Waals surface area contributed by atoms with Crippen LogP contribution >= 0.6 is 11.3 Å². The van der Waals surface area contributed by atoms with Gasteiger partial charge in [-0.1, -0.05) is 31.1 Å². The molecule has 0 radical (unpaired) electrons. The molecule has 11 heteroatoms. The van der Waals surface area contributed by atoms with E-state index >= 15 is 0 Å². The second-order valence-electron chi connectivity index (χ2n) is 7.80. The normalized spacial score (nSPS) is 18.6. The molecular weight excluding hydrogens is 436 g/mol. The molecule has 1 amide bonds. The summed E-state index contributed by atoms with van der Waals surface area (Å²) in [5, 5.41) is 20.1. The Morgan fingerprint density at radius 1 is 1.23 bits per heavy atom. The summed E-state index contributed by atoms with van der Waals surface area (Å²) in [6.45, 7) is 1.64. The highest BCUT2D eigenvalue weighted by atomic mass is 32.2. The van der Waals surface area contributed by atoms with Gasteiger partial charge in [0, 0.05) is 29.0 Å². The molecule has 1 saturated carbocycles. The Balaban J connectivity index is 1.80. The van der Waals surface area contributed by atoms with Gasteiger partial charge in [0.25, 0.3) is 5.91 Å². The van der Waals surface area contributed by atoms with Gasteiger partial charge in [-0.3, -0.25) is 10.1 Å². The SMILES string of the molecule is CC1(c2ccc(/C(=C\C3CCCC3)C(=O)Nc3nccs3)cc2S(C)(=O)=O)N=NN=N1. The summed E-state index contributed by atoms with van der Waals surface area (Å²) in [4.78, 5) is 17.3. The first kappa shape index (κ1) is 21.4. The predicted molar refractivity (Wildman–Crippen MR) is 117 cm³/mol. The van der Waals surface area contributed by atoms with Crippen LogP contribution in [0.3, 0.4) is 0 Å². The lowest BCUT2D eigenvalue weighted by molar-refractivity contribution is -0.111. The van der Waals surface area contributed by atoms with Crippen LogP contribution in [0.4, 0.5) is 5.13 Å². The van der Waals surface area contributed by atoms with Crippen molar-refractivity contribution >= 4 is 37.8 Å². The molecular formula is C20H22N6O3S2. The summed E-state index contributed by atoms with van der Waals surface area (Å²) in [5.41, 5.74) is 0.0957. The molecule has 4 rings (SSSR count). The Labute approximate surface area is 184 Å². The van der Waals surface area contributed by atoms with Crippen molar-refractivity contribution in [2.45, 2.75) is 43.2 Å². The highest BCUT2D eigenvalue weighted by Crippen LogP contribution is 2.38. The second-order valence-corrected chi connectivity index (χ2v) is 10.7. The van der Waals surface area contributed by atoms with Gasteiger partial charge in [0.1, 0.15) is 0 Å². The number of rotatable bonds is 6. The van der Waals surface area contributed by atoms with Crippen molar-refractivity contribution in [3.05, 3.63) is 47.0 Å². The van der Waals surface area contributed by atoms with Crippen molar-refractivity contribution in [2.75, 3.05) is 11.6 Å². The number of benzene rings is 1. The van der Waals surface area contributed by atoms with Crippen LogP contribution in [0, 0.1) is 5.92 Å². The summed E-state index contributed by atoms with van der Waals surface area (Å²) in [6, 6.07) is 4.87. The number of thiazole rings is 1. The fourth-order valence-electron chi connectivity index (χ4n) is 3.84. The zero-order chi connectivity index (χ0) is 22.1. The summed E-state index contributed by atoms with van der Waals surface area (Å²) in [7, 11) is -3.64. The summed E-state index contributed by atoms with van der Waals surface area (Å²) in [6.07, 6.45) is 8.93. The zero-order valence-corrected chi connectivity index (χ0v) is 18.8.